The van der Waals surface area contributed by atoms with Crippen molar-refractivity contribution >= 4 is 10.8 Å². The van der Waals surface area contributed by atoms with E-state index >= 15 is 0 Å². The highest BCUT2D eigenvalue weighted by molar-refractivity contribution is 5.91. The summed E-state index contributed by atoms with van der Waals surface area (Å²) in [5, 5.41) is 15.8. The first-order valence-corrected chi connectivity index (χ1v) is 10.2. The molecule has 0 fully saturated rings. The van der Waals surface area contributed by atoms with E-state index in [1.807, 2.05) is 43.5 Å². The van der Waals surface area contributed by atoms with Gasteiger partial charge in [-0.2, -0.15) is 0 Å². The van der Waals surface area contributed by atoms with Crippen LogP contribution in [0.25, 0.3) is 10.8 Å². The lowest BCUT2D eigenvalue weighted by atomic mass is 10.1. The van der Waals surface area contributed by atoms with Gasteiger partial charge in [-0.25, -0.2) is 0 Å². The maximum absolute atomic E-state index is 12.3. The first kappa shape index (κ1) is 21.8. The topological polar surface area (TPSA) is 46.4 Å². The highest BCUT2D eigenvalue weighted by atomic mass is 19.4. The van der Waals surface area contributed by atoms with Crippen LogP contribution in [0.4, 0.5) is 13.2 Å². The minimum absolute atomic E-state index is 0.136. The second kappa shape index (κ2) is 8.96. The molecule has 0 amide bonds. The van der Waals surface area contributed by atoms with E-state index < -0.39 is 6.36 Å². The summed E-state index contributed by atoms with van der Waals surface area (Å²) in [4.78, 5) is 0. The molecule has 4 nitrogen and oxygen atoms in total. The van der Waals surface area contributed by atoms with Crippen molar-refractivity contribution in [2.24, 2.45) is 0 Å². The predicted molar refractivity (Wildman–Crippen MR) is 118 cm³/mol. The minimum Gasteiger partial charge on any atom is -0.494 e. The zero-order chi connectivity index (χ0) is 22.7. The molecule has 0 bridgehead atoms. The summed E-state index contributed by atoms with van der Waals surface area (Å²) in [6, 6.07) is 19.9. The van der Waals surface area contributed by atoms with Gasteiger partial charge in [-0.1, -0.05) is 48.5 Å². The Morgan fingerprint density at radius 1 is 0.906 bits per heavy atom. The summed E-state index contributed by atoms with van der Waals surface area (Å²) in [7, 11) is 0. The molecule has 4 rings (SSSR count). The van der Waals surface area contributed by atoms with Gasteiger partial charge in [0.15, 0.2) is 5.88 Å². The first-order chi connectivity index (χ1) is 15.3. The molecule has 4 aromatic rings. The van der Waals surface area contributed by atoms with Gasteiger partial charge in [0.25, 0.3) is 0 Å². The Hall–Kier alpha value is -3.45. The summed E-state index contributed by atoms with van der Waals surface area (Å²) < 4.78 is 42.6. The Kier molecular flexibility index (Phi) is 6.10. The van der Waals surface area contributed by atoms with Gasteiger partial charge < -0.3 is 19.7 Å². The van der Waals surface area contributed by atoms with E-state index in [9.17, 15) is 18.3 Å². The third-order valence-corrected chi connectivity index (χ3v) is 5.23. The third kappa shape index (κ3) is 5.23. The Bertz CT molecular complexity index is 1200. The van der Waals surface area contributed by atoms with E-state index in [-0.39, 0.29) is 11.6 Å². The molecule has 1 aromatic heterocycles. The average molecular weight is 440 g/mol. The number of fused-ring (bicyclic) bond motifs is 1. The lowest BCUT2D eigenvalue weighted by Gasteiger charge is -2.10. The fourth-order valence-corrected chi connectivity index (χ4v) is 3.83. The van der Waals surface area contributed by atoms with Crippen LogP contribution in [-0.2, 0) is 19.6 Å². The Balaban J connectivity index is 1.48. The van der Waals surface area contributed by atoms with Crippen molar-refractivity contribution in [1.29, 1.82) is 0 Å². The van der Waals surface area contributed by atoms with Gasteiger partial charge in [0.05, 0.1) is 6.54 Å². The van der Waals surface area contributed by atoms with Crippen molar-refractivity contribution in [1.82, 2.24) is 9.88 Å². The van der Waals surface area contributed by atoms with E-state index in [2.05, 4.69) is 22.2 Å². The monoisotopic (exact) mass is 440 g/mol. The van der Waals surface area contributed by atoms with Crippen LogP contribution < -0.4 is 10.1 Å². The van der Waals surface area contributed by atoms with Crippen LogP contribution in [0.3, 0.4) is 0 Å². The Morgan fingerprint density at radius 2 is 1.59 bits per heavy atom. The summed E-state index contributed by atoms with van der Waals surface area (Å²) in [5.41, 5.74) is 4.03. The van der Waals surface area contributed by atoms with Crippen LogP contribution in [0.5, 0.6) is 11.6 Å². The summed E-state index contributed by atoms with van der Waals surface area (Å²) in [6.45, 7) is 3.74. The number of rotatable bonds is 7. The third-order valence-electron chi connectivity index (χ3n) is 5.23. The number of halogens is 3. The van der Waals surface area contributed by atoms with Gasteiger partial charge in [0, 0.05) is 30.1 Å². The molecule has 3 aromatic carbocycles. The molecule has 0 radical (unpaired) electrons. The van der Waals surface area contributed by atoms with Crippen LogP contribution in [0, 0.1) is 6.92 Å². The fourth-order valence-electron chi connectivity index (χ4n) is 3.83. The quantitative estimate of drug-likeness (QED) is 0.377. The highest BCUT2D eigenvalue weighted by Gasteiger charge is 2.30. The van der Waals surface area contributed by atoms with E-state index in [4.69, 9.17) is 0 Å². The number of aryl methyl sites for hydroxylation is 1. The molecule has 32 heavy (non-hydrogen) atoms. The van der Waals surface area contributed by atoms with Crippen molar-refractivity contribution in [2.45, 2.75) is 32.9 Å². The molecule has 0 spiro atoms. The van der Waals surface area contributed by atoms with Gasteiger partial charge in [0.1, 0.15) is 5.75 Å². The largest absolute Gasteiger partial charge is 0.573 e. The van der Waals surface area contributed by atoms with Crippen molar-refractivity contribution in [3.63, 3.8) is 0 Å². The molecule has 0 unspecified atom stereocenters. The van der Waals surface area contributed by atoms with Crippen molar-refractivity contribution < 1.29 is 23.0 Å². The average Bonchev–Trinajstić information content (AvgIpc) is 3.05. The summed E-state index contributed by atoms with van der Waals surface area (Å²) in [6.07, 6.45) is -2.86. The molecular weight excluding hydrogens is 417 g/mol. The SMILES string of the molecule is Cc1cc(CNCc2ccccc2)cc2cn(Cc3ccc(OC(F)(F)F)cc3)c(O)c12. The molecule has 166 valence electrons. The van der Waals surface area contributed by atoms with E-state index in [0.29, 0.717) is 13.1 Å². The zero-order valence-corrected chi connectivity index (χ0v) is 17.5. The molecule has 0 saturated carbocycles. The lowest BCUT2D eigenvalue weighted by molar-refractivity contribution is -0.274. The molecule has 0 aliphatic carbocycles. The molecule has 7 heteroatoms. The van der Waals surface area contributed by atoms with Gasteiger partial charge in [-0.15, -0.1) is 13.2 Å². The Labute approximate surface area is 183 Å². The van der Waals surface area contributed by atoms with Crippen LogP contribution >= 0.6 is 0 Å². The second-order valence-electron chi connectivity index (χ2n) is 7.74. The molecule has 0 aliphatic rings. The van der Waals surface area contributed by atoms with E-state index in [1.165, 1.54) is 17.7 Å². The standard InChI is InChI=1S/C25H23F3N2O2/c1-17-11-20(14-29-13-18-5-3-2-4-6-18)12-21-16-30(24(31)23(17)21)15-19-7-9-22(10-8-19)32-25(26,27)28/h2-12,16,29,31H,13-15H2,1H3. The number of ether oxygens (including phenoxy) is 1. The maximum atomic E-state index is 12.3. The van der Waals surface area contributed by atoms with Crippen LogP contribution in [-0.4, -0.2) is 16.0 Å². The van der Waals surface area contributed by atoms with Crippen LogP contribution in [0.2, 0.25) is 0 Å². The van der Waals surface area contributed by atoms with Crippen molar-refractivity contribution in [3.05, 3.63) is 95.2 Å². The van der Waals surface area contributed by atoms with Gasteiger partial charge in [0.2, 0.25) is 0 Å². The molecule has 0 saturated heterocycles. The van der Waals surface area contributed by atoms with Crippen LogP contribution in [0.1, 0.15) is 22.3 Å². The normalized spacial score (nSPS) is 11.8. The molecule has 0 atom stereocenters. The van der Waals surface area contributed by atoms with Crippen LogP contribution in [0.15, 0.2) is 72.9 Å². The number of aromatic hydroxyl groups is 1. The molecular formula is C25H23F3N2O2. The summed E-state index contributed by atoms with van der Waals surface area (Å²) >= 11 is 0. The number of benzene rings is 3. The molecule has 2 N–H and O–H groups in total. The minimum atomic E-state index is -4.72. The number of alkyl halides is 3. The van der Waals surface area contributed by atoms with Crippen molar-refractivity contribution in [3.8, 4) is 11.6 Å². The maximum Gasteiger partial charge on any atom is 0.573 e. The Morgan fingerprint density at radius 3 is 2.28 bits per heavy atom. The zero-order valence-electron chi connectivity index (χ0n) is 17.5. The number of hydrogen-bond acceptors (Lipinski definition) is 3. The predicted octanol–water partition coefficient (Wildman–Crippen LogP) is 5.89. The van der Waals surface area contributed by atoms with Gasteiger partial charge in [-0.05, 0) is 47.4 Å². The first-order valence-electron chi connectivity index (χ1n) is 10.2. The van der Waals surface area contributed by atoms with Gasteiger partial charge >= 0.3 is 6.36 Å². The smallest absolute Gasteiger partial charge is 0.494 e. The summed E-state index contributed by atoms with van der Waals surface area (Å²) in [5.74, 6) is -0.136. The van der Waals surface area contributed by atoms with Crippen molar-refractivity contribution in [2.75, 3.05) is 0 Å². The van der Waals surface area contributed by atoms with E-state index in [1.54, 1.807) is 16.7 Å². The fraction of sp³-hybridized carbons (Fsp3) is 0.200. The molecule has 0 aliphatic heterocycles. The number of nitrogens with zero attached hydrogens (tertiary/aromatic N) is 1. The second-order valence-corrected chi connectivity index (χ2v) is 7.74. The lowest BCUT2D eigenvalue weighted by Crippen LogP contribution is -2.17. The van der Waals surface area contributed by atoms with E-state index in [0.717, 1.165) is 34.0 Å². The number of aromatic nitrogens is 1. The number of hydrogen-bond donors (Lipinski definition) is 2. The highest BCUT2D eigenvalue weighted by Crippen LogP contribution is 2.32. The number of nitrogens with one attached hydrogen (secondary N) is 1. The molecule has 1 heterocycles. The van der Waals surface area contributed by atoms with Gasteiger partial charge in [-0.3, -0.25) is 0 Å².